The van der Waals surface area contributed by atoms with Gasteiger partial charge in [0.15, 0.2) is 0 Å². The molecule has 1 aliphatic rings. The van der Waals surface area contributed by atoms with Crippen LogP contribution in [0.25, 0.3) is 0 Å². The minimum atomic E-state index is -0.168. The number of nitrogens with one attached hydrogen (secondary N) is 1. The Morgan fingerprint density at radius 1 is 1.24 bits per heavy atom. The fraction of sp³-hybridized carbons (Fsp3) is 0.529. The smallest absolute Gasteiger partial charge is 0.251 e. The predicted molar refractivity (Wildman–Crippen MR) is 82.9 cm³/mol. The molecule has 0 bridgehead atoms. The molecule has 1 fully saturated rings. The van der Waals surface area contributed by atoms with Gasteiger partial charge >= 0.3 is 0 Å². The van der Waals surface area contributed by atoms with Crippen LogP contribution in [-0.2, 0) is 4.79 Å². The van der Waals surface area contributed by atoms with Gasteiger partial charge in [0, 0.05) is 31.1 Å². The molecular weight excluding hydrogens is 264 g/mol. The van der Waals surface area contributed by atoms with Gasteiger partial charge in [0.25, 0.3) is 5.91 Å². The molecule has 0 spiro atoms. The van der Waals surface area contributed by atoms with Crippen LogP contribution < -0.4 is 5.32 Å². The van der Waals surface area contributed by atoms with Gasteiger partial charge in [0.05, 0.1) is 0 Å². The predicted octanol–water partition coefficient (Wildman–Crippen LogP) is 2.45. The summed E-state index contributed by atoms with van der Waals surface area (Å²) in [5.41, 5.74) is 0.622. The second kappa shape index (κ2) is 6.74. The van der Waals surface area contributed by atoms with Crippen molar-refractivity contribution in [3.63, 3.8) is 0 Å². The maximum absolute atomic E-state index is 12.2. The van der Waals surface area contributed by atoms with E-state index in [9.17, 15) is 9.59 Å². The van der Waals surface area contributed by atoms with Crippen LogP contribution in [0.3, 0.4) is 0 Å². The zero-order valence-corrected chi connectivity index (χ0v) is 13.0. The lowest BCUT2D eigenvalue weighted by molar-refractivity contribution is -0.132. The lowest BCUT2D eigenvalue weighted by Gasteiger charge is -2.26. The quantitative estimate of drug-likeness (QED) is 0.874. The molecule has 0 heterocycles. The van der Waals surface area contributed by atoms with Crippen molar-refractivity contribution in [2.24, 2.45) is 5.92 Å². The van der Waals surface area contributed by atoms with E-state index in [1.807, 2.05) is 37.1 Å². The number of carbonyl (C=O) groups excluding carboxylic acids is 2. The van der Waals surface area contributed by atoms with Crippen molar-refractivity contribution in [2.75, 3.05) is 7.05 Å². The normalized spacial score (nSPS) is 16.9. The molecule has 1 aliphatic carbocycles. The molecule has 0 aliphatic heterocycles. The number of rotatable bonds is 6. The molecule has 1 N–H and O–H groups in total. The van der Waals surface area contributed by atoms with Crippen LogP contribution in [0.5, 0.6) is 0 Å². The van der Waals surface area contributed by atoms with E-state index >= 15 is 0 Å². The average molecular weight is 288 g/mol. The molecule has 0 aromatic heterocycles. The summed E-state index contributed by atoms with van der Waals surface area (Å²) < 4.78 is 0. The summed E-state index contributed by atoms with van der Waals surface area (Å²) in [5.74, 6) is 0.622. The molecule has 0 saturated heterocycles. The molecule has 4 heteroatoms. The topological polar surface area (TPSA) is 49.4 Å². The highest BCUT2D eigenvalue weighted by atomic mass is 16.2. The number of nitrogens with zero attached hydrogens (tertiary/aromatic N) is 1. The van der Waals surface area contributed by atoms with E-state index in [4.69, 9.17) is 0 Å². The van der Waals surface area contributed by atoms with E-state index in [-0.39, 0.29) is 17.9 Å². The fourth-order valence-corrected chi connectivity index (χ4v) is 2.48. The molecule has 2 amide bonds. The van der Waals surface area contributed by atoms with E-state index in [0.717, 1.165) is 0 Å². The van der Waals surface area contributed by atoms with Crippen LogP contribution in [0, 0.1) is 5.92 Å². The second-order valence-corrected chi connectivity index (χ2v) is 6.03. The Bertz CT molecular complexity index is 497. The summed E-state index contributed by atoms with van der Waals surface area (Å²) in [6, 6.07) is 9.20. The minimum absolute atomic E-state index is 0.0928. The largest absolute Gasteiger partial charge is 0.349 e. The van der Waals surface area contributed by atoms with E-state index in [0.29, 0.717) is 23.9 Å². The van der Waals surface area contributed by atoms with Crippen LogP contribution in [0.2, 0.25) is 0 Å². The first-order valence-corrected chi connectivity index (χ1v) is 7.60. The Balaban J connectivity index is 1.82. The molecule has 1 aromatic carbocycles. The molecule has 2 atom stereocenters. The molecule has 2 rings (SSSR count). The Morgan fingerprint density at radius 3 is 2.43 bits per heavy atom. The van der Waals surface area contributed by atoms with Crippen LogP contribution in [0.1, 0.15) is 43.5 Å². The van der Waals surface area contributed by atoms with E-state index in [1.165, 1.54) is 12.8 Å². The monoisotopic (exact) mass is 288 g/mol. The van der Waals surface area contributed by atoms with Crippen molar-refractivity contribution in [2.45, 2.75) is 45.2 Å². The van der Waals surface area contributed by atoms with Crippen LogP contribution in [-0.4, -0.2) is 35.8 Å². The lowest BCUT2D eigenvalue weighted by Crippen LogP contribution is -2.41. The molecule has 21 heavy (non-hydrogen) atoms. The minimum Gasteiger partial charge on any atom is -0.349 e. The Kier molecular flexibility index (Phi) is 4.99. The highest BCUT2D eigenvalue weighted by Crippen LogP contribution is 2.34. The first-order chi connectivity index (χ1) is 9.99. The number of carbonyl (C=O) groups is 2. The van der Waals surface area contributed by atoms with Gasteiger partial charge in [0.2, 0.25) is 5.91 Å². The van der Waals surface area contributed by atoms with Crippen LogP contribution in [0.15, 0.2) is 30.3 Å². The summed E-state index contributed by atoms with van der Waals surface area (Å²) in [4.78, 5) is 26.1. The van der Waals surface area contributed by atoms with Gasteiger partial charge in [0.1, 0.15) is 0 Å². The van der Waals surface area contributed by atoms with Crippen molar-refractivity contribution < 1.29 is 9.59 Å². The van der Waals surface area contributed by atoms with E-state index in [2.05, 4.69) is 12.2 Å². The molecule has 1 aromatic rings. The zero-order valence-electron chi connectivity index (χ0n) is 13.0. The lowest BCUT2D eigenvalue weighted by atomic mass is 10.1. The zero-order chi connectivity index (χ0) is 15.4. The van der Waals surface area contributed by atoms with Gasteiger partial charge in [-0.2, -0.15) is 0 Å². The van der Waals surface area contributed by atoms with Crippen molar-refractivity contribution in [3.05, 3.63) is 35.9 Å². The molecule has 2 unspecified atom stereocenters. The number of amides is 2. The third kappa shape index (κ3) is 4.31. The summed E-state index contributed by atoms with van der Waals surface area (Å²) in [5, 5.41) is 2.88. The van der Waals surface area contributed by atoms with Crippen LogP contribution in [0.4, 0.5) is 0 Å². The fourth-order valence-electron chi connectivity index (χ4n) is 2.48. The first-order valence-electron chi connectivity index (χ1n) is 7.60. The Morgan fingerprint density at radius 2 is 1.86 bits per heavy atom. The van der Waals surface area contributed by atoms with Gasteiger partial charge in [-0.3, -0.25) is 9.59 Å². The standard InChI is InChI=1S/C17H24N2O2/c1-12(18-17(21)15-7-5-4-6-8-15)11-16(20)19(3)13(2)14-9-10-14/h4-8,12-14H,9-11H2,1-3H3,(H,18,21). The van der Waals surface area contributed by atoms with E-state index in [1.54, 1.807) is 12.1 Å². The first kappa shape index (κ1) is 15.5. The summed E-state index contributed by atoms with van der Waals surface area (Å²) in [6.07, 6.45) is 2.78. The maximum Gasteiger partial charge on any atom is 0.251 e. The average Bonchev–Trinajstić information content (AvgIpc) is 3.31. The van der Waals surface area contributed by atoms with Crippen molar-refractivity contribution >= 4 is 11.8 Å². The van der Waals surface area contributed by atoms with E-state index < -0.39 is 0 Å². The Hall–Kier alpha value is -1.84. The SMILES string of the molecule is CC(CC(=O)N(C)C(C)C1CC1)NC(=O)c1ccccc1. The molecule has 4 nitrogen and oxygen atoms in total. The summed E-state index contributed by atoms with van der Waals surface area (Å²) >= 11 is 0. The second-order valence-electron chi connectivity index (χ2n) is 6.03. The molecule has 0 radical (unpaired) electrons. The van der Waals surface area contributed by atoms with Crippen molar-refractivity contribution in [1.82, 2.24) is 10.2 Å². The molecular formula is C17H24N2O2. The number of hydrogen-bond donors (Lipinski definition) is 1. The van der Waals surface area contributed by atoms with Gasteiger partial charge in [-0.25, -0.2) is 0 Å². The molecule has 114 valence electrons. The maximum atomic E-state index is 12.2. The van der Waals surface area contributed by atoms with Gasteiger partial charge in [-0.1, -0.05) is 18.2 Å². The molecule has 1 saturated carbocycles. The van der Waals surface area contributed by atoms with Crippen molar-refractivity contribution in [3.8, 4) is 0 Å². The number of hydrogen-bond acceptors (Lipinski definition) is 2. The third-order valence-corrected chi connectivity index (χ3v) is 4.20. The third-order valence-electron chi connectivity index (χ3n) is 4.20. The highest BCUT2D eigenvalue weighted by molar-refractivity contribution is 5.94. The van der Waals surface area contributed by atoms with Gasteiger partial charge in [-0.15, -0.1) is 0 Å². The highest BCUT2D eigenvalue weighted by Gasteiger charge is 2.32. The van der Waals surface area contributed by atoms with Crippen LogP contribution >= 0.6 is 0 Å². The summed E-state index contributed by atoms with van der Waals surface area (Å²) in [7, 11) is 1.86. The van der Waals surface area contributed by atoms with Gasteiger partial charge in [-0.05, 0) is 44.7 Å². The van der Waals surface area contributed by atoms with Gasteiger partial charge < -0.3 is 10.2 Å². The summed E-state index contributed by atoms with van der Waals surface area (Å²) in [6.45, 7) is 3.97. The number of benzene rings is 1. The van der Waals surface area contributed by atoms with Crippen molar-refractivity contribution in [1.29, 1.82) is 0 Å². The Labute approximate surface area is 126 Å².